The van der Waals surface area contributed by atoms with E-state index in [2.05, 4.69) is 16.3 Å². The van der Waals surface area contributed by atoms with E-state index in [9.17, 15) is 14.4 Å². The fourth-order valence-electron chi connectivity index (χ4n) is 4.42. The number of hydrogen-bond donors (Lipinski definition) is 1. The number of carbonyl (C=O) groups is 1. The highest BCUT2D eigenvalue weighted by atomic mass is 19.1. The van der Waals surface area contributed by atoms with Crippen molar-refractivity contribution in [2.75, 3.05) is 13.1 Å². The van der Waals surface area contributed by atoms with E-state index in [4.69, 9.17) is 0 Å². The van der Waals surface area contributed by atoms with Gasteiger partial charge < -0.3 is 5.32 Å². The van der Waals surface area contributed by atoms with Crippen molar-refractivity contribution in [3.05, 3.63) is 35.6 Å². The average Bonchev–Trinajstić information content (AvgIpc) is 2.70. The highest BCUT2D eigenvalue weighted by Crippen LogP contribution is 2.28. The lowest BCUT2D eigenvalue weighted by molar-refractivity contribution is -0.128. The number of benzene rings is 1. The number of amides is 1. The number of nitrogens with one attached hydrogen (secondary N) is 1. The molecule has 1 amide bonds. The van der Waals surface area contributed by atoms with Crippen molar-refractivity contribution in [3.63, 3.8) is 0 Å². The number of piperidine rings is 1. The molecular weight excluding hydrogens is 341 g/mol. The summed E-state index contributed by atoms with van der Waals surface area (Å²) in [5.41, 5.74) is 0.513. The molecule has 5 heteroatoms. The molecule has 1 unspecified atom stereocenters. The lowest BCUT2D eigenvalue weighted by Gasteiger charge is -2.38. The molecule has 1 aliphatic carbocycles. The molecule has 1 saturated carbocycles. The van der Waals surface area contributed by atoms with Crippen molar-refractivity contribution in [1.82, 2.24) is 10.2 Å². The zero-order valence-electron chi connectivity index (χ0n) is 16.2. The minimum atomic E-state index is -0.662. The van der Waals surface area contributed by atoms with Gasteiger partial charge in [0.25, 0.3) is 0 Å². The van der Waals surface area contributed by atoms with Gasteiger partial charge in [0.15, 0.2) is 0 Å². The molecule has 1 heterocycles. The van der Waals surface area contributed by atoms with Crippen LogP contribution >= 0.6 is 0 Å². The number of nitriles is 1. The Kier molecular flexibility index (Phi) is 6.49. The van der Waals surface area contributed by atoms with E-state index in [-0.39, 0.29) is 17.8 Å². The summed E-state index contributed by atoms with van der Waals surface area (Å²) in [7, 11) is 0. The summed E-state index contributed by atoms with van der Waals surface area (Å²) in [6.07, 6.45) is 7.75. The number of nitrogens with zero attached hydrogens (tertiary/aromatic N) is 2. The Balaban J connectivity index is 1.49. The largest absolute Gasteiger partial charge is 0.336 e. The standard InChI is InChI=1S/C22H30FN3O/c1-17(21(27)25-22(16-24)11-3-2-4-12-22)26-13-9-19(10-14-26)15-18-5-7-20(23)8-6-18/h5-8,17,19H,2-4,9-15H2,1H3,(H,25,27). The van der Waals surface area contributed by atoms with Crippen LogP contribution < -0.4 is 5.32 Å². The second kappa shape index (κ2) is 8.84. The van der Waals surface area contributed by atoms with E-state index < -0.39 is 5.54 Å². The van der Waals surface area contributed by atoms with Gasteiger partial charge in [0.2, 0.25) is 5.91 Å². The van der Waals surface area contributed by atoms with Crippen LogP contribution in [-0.4, -0.2) is 35.5 Å². The maximum atomic E-state index is 13.0. The van der Waals surface area contributed by atoms with E-state index in [0.717, 1.165) is 64.5 Å². The molecule has 4 nitrogen and oxygen atoms in total. The predicted molar refractivity (Wildman–Crippen MR) is 103 cm³/mol. The molecule has 0 spiro atoms. The van der Waals surface area contributed by atoms with Crippen LogP contribution in [0.4, 0.5) is 4.39 Å². The molecule has 0 aromatic heterocycles. The molecule has 1 saturated heterocycles. The van der Waals surface area contributed by atoms with Gasteiger partial charge in [0.1, 0.15) is 11.4 Å². The first-order chi connectivity index (χ1) is 13.0. The molecule has 1 atom stereocenters. The number of carbonyl (C=O) groups excluding carboxylic acids is 1. The smallest absolute Gasteiger partial charge is 0.238 e. The summed E-state index contributed by atoms with van der Waals surface area (Å²) in [5, 5.41) is 12.6. The van der Waals surface area contributed by atoms with E-state index >= 15 is 0 Å². The van der Waals surface area contributed by atoms with Crippen LogP contribution in [0.2, 0.25) is 0 Å². The molecular formula is C22H30FN3O. The maximum absolute atomic E-state index is 13.0. The van der Waals surface area contributed by atoms with Crippen molar-refractivity contribution in [1.29, 1.82) is 5.26 Å². The highest BCUT2D eigenvalue weighted by Gasteiger charge is 2.36. The summed E-state index contributed by atoms with van der Waals surface area (Å²) in [6, 6.07) is 8.93. The zero-order valence-corrected chi connectivity index (χ0v) is 16.2. The second-order valence-electron chi connectivity index (χ2n) is 8.23. The minimum Gasteiger partial charge on any atom is -0.336 e. The Morgan fingerprint density at radius 2 is 1.89 bits per heavy atom. The van der Waals surface area contributed by atoms with E-state index in [1.54, 1.807) is 0 Å². The monoisotopic (exact) mass is 371 g/mol. The molecule has 27 heavy (non-hydrogen) atoms. The van der Waals surface area contributed by atoms with Gasteiger partial charge in [-0.1, -0.05) is 31.4 Å². The van der Waals surface area contributed by atoms with Gasteiger partial charge in [-0.2, -0.15) is 5.26 Å². The first kappa shape index (κ1) is 19.8. The van der Waals surface area contributed by atoms with Crippen LogP contribution in [0.5, 0.6) is 0 Å². The van der Waals surface area contributed by atoms with Crippen LogP contribution in [0.3, 0.4) is 0 Å². The van der Waals surface area contributed by atoms with Gasteiger partial charge in [-0.25, -0.2) is 4.39 Å². The quantitative estimate of drug-likeness (QED) is 0.856. The Labute approximate surface area is 161 Å². The lowest BCUT2D eigenvalue weighted by Crippen LogP contribution is -2.56. The maximum Gasteiger partial charge on any atom is 0.238 e. The van der Waals surface area contributed by atoms with E-state index in [1.165, 1.54) is 17.7 Å². The molecule has 2 fully saturated rings. The molecule has 146 valence electrons. The normalized spacial score (nSPS) is 22.0. The van der Waals surface area contributed by atoms with Gasteiger partial charge in [-0.15, -0.1) is 0 Å². The van der Waals surface area contributed by atoms with Crippen LogP contribution in [0.1, 0.15) is 57.4 Å². The first-order valence-electron chi connectivity index (χ1n) is 10.2. The van der Waals surface area contributed by atoms with Crippen molar-refractivity contribution in [2.24, 2.45) is 5.92 Å². The predicted octanol–water partition coefficient (Wildman–Crippen LogP) is 3.81. The molecule has 1 aromatic rings. The van der Waals surface area contributed by atoms with E-state index in [1.807, 2.05) is 19.1 Å². The third kappa shape index (κ3) is 5.07. The summed E-state index contributed by atoms with van der Waals surface area (Å²) in [6.45, 7) is 3.73. The number of hydrogen-bond acceptors (Lipinski definition) is 3. The Hall–Kier alpha value is -1.93. The first-order valence-corrected chi connectivity index (χ1v) is 10.2. The topological polar surface area (TPSA) is 56.1 Å². The Bertz CT molecular complexity index is 668. The van der Waals surface area contributed by atoms with Crippen LogP contribution in [0.15, 0.2) is 24.3 Å². The summed E-state index contributed by atoms with van der Waals surface area (Å²) in [5.74, 6) is 0.364. The molecule has 1 aromatic carbocycles. The lowest BCUT2D eigenvalue weighted by atomic mass is 9.82. The Morgan fingerprint density at radius 1 is 1.26 bits per heavy atom. The number of likely N-dealkylation sites (tertiary alicyclic amines) is 1. The highest BCUT2D eigenvalue weighted by molar-refractivity contribution is 5.82. The third-order valence-corrected chi connectivity index (χ3v) is 6.30. The van der Waals surface area contributed by atoms with E-state index in [0.29, 0.717) is 5.92 Å². The van der Waals surface area contributed by atoms with Crippen molar-refractivity contribution >= 4 is 5.91 Å². The van der Waals surface area contributed by atoms with Gasteiger partial charge in [-0.3, -0.25) is 9.69 Å². The van der Waals surface area contributed by atoms with Crippen LogP contribution in [-0.2, 0) is 11.2 Å². The molecule has 3 rings (SSSR count). The van der Waals surface area contributed by atoms with Gasteiger partial charge in [0.05, 0.1) is 12.1 Å². The second-order valence-corrected chi connectivity index (χ2v) is 8.23. The number of rotatable bonds is 5. The van der Waals surface area contributed by atoms with Gasteiger partial charge in [-0.05, 0) is 75.7 Å². The molecule has 0 bridgehead atoms. The Morgan fingerprint density at radius 3 is 2.48 bits per heavy atom. The molecule has 1 N–H and O–H groups in total. The fourth-order valence-corrected chi connectivity index (χ4v) is 4.42. The van der Waals surface area contributed by atoms with Crippen LogP contribution in [0.25, 0.3) is 0 Å². The van der Waals surface area contributed by atoms with Gasteiger partial charge >= 0.3 is 0 Å². The molecule has 1 aliphatic heterocycles. The molecule has 0 radical (unpaired) electrons. The number of halogens is 1. The fraction of sp³-hybridized carbons (Fsp3) is 0.636. The SMILES string of the molecule is CC(C(=O)NC1(C#N)CCCCC1)N1CCC(Cc2ccc(F)cc2)CC1. The van der Waals surface area contributed by atoms with Gasteiger partial charge in [0, 0.05) is 0 Å². The molecule has 2 aliphatic rings. The average molecular weight is 372 g/mol. The van der Waals surface area contributed by atoms with Crippen LogP contribution in [0, 0.1) is 23.1 Å². The third-order valence-electron chi connectivity index (χ3n) is 6.30. The minimum absolute atomic E-state index is 0.0181. The zero-order chi connectivity index (χ0) is 19.3. The summed E-state index contributed by atoms with van der Waals surface area (Å²) < 4.78 is 13.0. The van der Waals surface area contributed by atoms with Crippen molar-refractivity contribution < 1.29 is 9.18 Å². The summed E-state index contributed by atoms with van der Waals surface area (Å²) >= 11 is 0. The van der Waals surface area contributed by atoms with Crippen molar-refractivity contribution in [2.45, 2.75) is 69.9 Å². The van der Waals surface area contributed by atoms with Crippen molar-refractivity contribution in [3.8, 4) is 6.07 Å². The summed E-state index contributed by atoms with van der Waals surface area (Å²) in [4.78, 5) is 15.0.